The minimum atomic E-state index is -0.251. The Morgan fingerprint density at radius 3 is 2.62 bits per heavy atom. The lowest BCUT2D eigenvalue weighted by Gasteiger charge is -2.18. The summed E-state index contributed by atoms with van der Waals surface area (Å²) < 4.78 is 25.0. The van der Waals surface area contributed by atoms with Crippen molar-refractivity contribution in [2.45, 2.75) is 19.4 Å². The Balaban J connectivity index is 1.80. The molecule has 1 unspecified atom stereocenters. The van der Waals surface area contributed by atoms with Crippen LogP contribution in [-0.2, 0) is 0 Å². The molecule has 0 fully saturated rings. The summed E-state index contributed by atoms with van der Waals surface area (Å²) in [4.78, 5) is 0. The summed E-state index contributed by atoms with van der Waals surface area (Å²) >= 11 is 0. The SMILES string of the molecule is CC(Nc1ccccc1F)c1ccc2c(c1)OCCCO2. The molecule has 1 aliphatic heterocycles. The van der Waals surface area contributed by atoms with Gasteiger partial charge < -0.3 is 14.8 Å². The summed E-state index contributed by atoms with van der Waals surface area (Å²) in [6, 6.07) is 12.5. The van der Waals surface area contributed by atoms with Crippen LogP contribution in [0, 0.1) is 5.82 Å². The Morgan fingerprint density at radius 2 is 1.81 bits per heavy atom. The fraction of sp³-hybridized carbons (Fsp3) is 0.294. The number of hydrogen-bond donors (Lipinski definition) is 1. The summed E-state index contributed by atoms with van der Waals surface area (Å²) in [5, 5.41) is 3.18. The summed E-state index contributed by atoms with van der Waals surface area (Å²) in [5.74, 6) is 1.28. The van der Waals surface area contributed by atoms with Crippen LogP contribution in [0.5, 0.6) is 11.5 Å². The van der Waals surface area contributed by atoms with Crippen molar-refractivity contribution in [3.63, 3.8) is 0 Å². The Bertz CT molecular complexity index is 630. The van der Waals surface area contributed by atoms with Crippen LogP contribution in [0.4, 0.5) is 10.1 Å². The normalized spacial score (nSPS) is 15.1. The summed E-state index contributed by atoms with van der Waals surface area (Å²) in [6.07, 6.45) is 0.882. The zero-order valence-electron chi connectivity index (χ0n) is 11.9. The number of anilines is 1. The van der Waals surface area contributed by atoms with E-state index in [9.17, 15) is 4.39 Å². The van der Waals surface area contributed by atoms with E-state index in [1.165, 1.54) is 6.07 Å². The molecule has 0 radical (unpaired) electrons. The maximum Gasteiger partial charge on any atom is 0.161 e. The first-order valence-corrected chi connectivity index (χ1v) is 7.14. The Hall–Kier alpha value is -2.23. The molecule has 2 aromatic carbocycles. The van der Waals surface area contributed by atoms with Crippen molar-refractivity contribution in [1.29, 1.82) is 0 Å². The molecule has 4 heteroatoms. The van der Waals surface area contributed by atoms with E-state index in [2.05, 4.69) is 5.32 Å². The van der Waals surface area contributed by atoms with Gasteiger partial charge in [0.2, 0.25) is 0 Å². The molecule has 0 spiro atoms. The highest BCUT2D eigenvalue weighted by Gasteiger charge is 2.14. The monoisotopic (exact) mass is 287 g/mol. The van der Waals surface area contributed by atoms with Gasteiger partial charge in [-0.1, -0.05) is 18.2 Å². The Morgan fingerprint density at radius 1 is 1.05 bits per heavy atom. The van der Waals surface area contributed by atoms with Crippen LogP contribution < -0.4 is 14.8 Å². The second-order valence-corrected chi connectivity index (χ2v) is 5.10. The molecule has 0 aromatic heterocycles. The third kappa shape index (κ3) is 3.10. The largest absolute Gasteiger partial charge is 0.490 e. The van der Waals surface area contributed by atoms with Crippen molar-refractivity contribution in [2.75, 3.05) is 18.5 Å². The van der Waals surface area contributed by atoms with Gasteiger partial charge in [0, 0.05) is 12.5 Å². The van der Waals surface area contributed by atoms with E-state index in [-0.39, 0.29) is 11.9 Å². The molecule has 110 valence electrons. The first-order valence-electron chi connectivity index (χ1n) is 7.14. The molecule has 1 heterocycles. The van der Waals surface area contributed by atoms with Gasteiger partial charge in [0.05, 0.1) is 18.9 Å². The van der Waals surface area contributed by atoms with Gasteiger partial charge in [-0.05, 0) is 36.8 Å². The van der Waals surface area contributed by atoms with Crippen LogP contribution in [0.25, 0.3) is 0 Å². The molecule has 0 aliphatic carbocycles. The van der Waals surface area contributed by atoms with E-state index in [0.717, 1.165) is 23.5 Å². The fourth-order valence-corrected chi connectivity index (χ4v) is 2.34. The van der Waals surface area contributed by atoms with Gasteiger partial charge in [0.15, 0.2) is 11.5 Å². The van der Waals surface area contributed by atoms with Gasteiger partial charge in [0.25, 0.3) is 0 Å². The molecule has 1 atom stereocenters. The van der Waals surface area contributed by atoms with Gasteiger partial charge in [0.1, 0.15) is 5.82 Å². The molecule has 0 saturated carbocycles. The zero-order valence-corrected chi connectivity index (χ0v) is 11.9. The molecular formula is C17H18FNO2. The van der Waals surface area contributed by atoms with Gasteiger partial charge in [-0.3, -0.25) is 0 Å². The number of benzene rings is 2. The Kier molecular flexibility index (Phi) is 3.95. The average Bonchev–Trinajstić information content (AvgIpc) is 2.74. The molecule has 1 aliphatic rings. The minimum Gasteiger partial charge on any atom is -0.490 e. The third-order valence-electron chi connectivity index (χ3n) is 3.52. The van der Waals surface area contributed by atoms with E-state index < -0.39 is 0 Å². The summed E-state index contributed by atoms with van der Waals surface area (Å²) in [5.41, 5.74) is 1.53. The van der Waals surface area contributed by atoms with Crippen LogP contribution in [0.3, 0.4) is 0 Å². The van der Waals surface area contributed by atoms with Gasteiger partial charge in [-0.15, -0.1) is 0 Å². The highest BCUT2D eigenvalue weighted by atomic mass is 19.1. The zero-order chi connectivity index (χ0) is 14.7. The predicted molar refractivity (Wildman–Crippen MR) is 80.5 cm³/mol. The first kappa shape index (κ1) is 13.7. The molecule has 3 nitrogen and oxygen atoms in total. The number of fused-ring (bicyclic) bond motifs is 1. The molecule has 0 amide bonds. The third-order valence-corrected chi connectivity index (χ3v) is 3.52. The van der Waals surface area contributed by atoms with E-state index in [4.69, 9.17) is 9.47 Å². The molecule has 2 aromatic rings. The number of para-hydroxylation sites is 1. The van der Waals surface area contributed by atoms with E-state index in [0.29, 0.717) is 18.9 Å². The van der Waals surface area contributed by atoms with Gasteiger partial charge in [-0.2, -0.15) is 0 Å². The van der Waals surface area contributed by atoms with Crippen LogP contribution in [0.15, 0.2) is 42.5 Å². The molecule has 3 rings (SSSR count). The van der Waals surface area contributed by atoms with Gasteiger partial charge >= 0.3 is 0 Å². The fourth-order valence-electron chi connectivity index (χ4n) is 2.34. The maximum atomic E-state index is 13.7. The van der Waals surface area contributed by atoms with E-state index in [1.54, 1.807) is 12.1 Å². The van der Waals surface area contributed by atoms with Crippen molar-refractivity contribution < 1.29 is 13.9 Å². The smallest absolute Gasteiger partial charge is 0.161 e. The van der Waals surface area contributed by atoms with Crippen LogP contribution >= 0.6 is 0 Å². The number of nitrogens with one attached hydrogen (secondary N) is 1. The van der Waals surface area contributed by atoms with E-state index >= 15 is 0 Å². The standard InChI is InChI=1S/C17H18FNO2/c1-12(19-15-6-3-2-5-14(15)18)13-7-8-16-17(11-13)21-10-4-9-20-16/h2-3,5-8,11-12,19H,4,9-10H2,1H3. The van der Waals surface area contributed by atoms with Crippen molar-refractivity contribution in [3.05, 3.63) is 53.8 Å². The lowest BCUT2D eigenvalue weighted by atomic mass is 10.1. The first-order chi connectivity index (χ1) is 10.2. The van der Waals surface area contributed by atoms with Crippen molar-refractivity contribution in [2.24, 2.45) is 0 Å². The molecule has 1 N–H and O–H groups in total. The van der Waals surface area contributed by atoms with Gasteiger partial charge in [-0.25, -0.2) is 4.39 Å². The highest BCUT2D eigenvalue weighted by Crippen LogP contribution is 2.33. The van der Waals surface area contributed by atoms with Crippen molar-refractivity contribution >= 4 is 5.69 Å². The van der Waals surface area contributed by atoms with E-state index in [1.807, 2.05) is 31.2 Å². The molecule has 0 bridgehead atoms. The van der Waals surface area contributed by atoms with Crippen LogP contribution in [0.2, 0.25) is 0 Å². The summed E-state index contributed by atoms with van der Waals surface area (Å²) in [6.45, 7) is 3.33. The van der Waals surface area contributed by atoms with Crippen molar-refractivity contribution in [1.82, 2.24) is 0 Å². The van der Waals surface area contributed by atoms with Crippen LogP contribution in [-0.4, -0.2) is 13.2 Å². The average molecular weight is 287 g/mol. The lowest BCUT2D eigenvalue weighted by Crippen LogP contribution is -2.08. The quantitative estimate of drug-likeness (QED) is 0.919. The minimum absolute atomic E-state index is 0.0287. The Labute approximate surface area is 123 Å². The molecule has 21 heavy (non-hydrogen) atoms. The highest BCUT2D eigenvalue weighted by molar-refractivity contribution is 5.49. The molecule has 0 saturated heterocycles. The van der Waals surface area contributed by atoms with Crippen molar-refractivity contribution in [3.8, 4) is 11.5 Å². The second kappa shape index (κ2) is 6.04. The van der Waals surface area contributed by atoms with Crippen LogP contribution in [0.1, 0.15) is 24.9 Å². The predicted octanol–water partition coefficient (Wildman–Crippen LogP) is 4.16. The lowest BCUT2D eigenvalue weighted by molar-refractivity contribution is 0.297. The second-order valence-electron chi connectivity index (χ2n) is 5.10. The topological polar surface area (TPSA) is 30.5 Å². The summed E-state index contributed by atoms with van der Waals surface area (Å²) in [7, 11) is 0. The number of halogens is 1. The maximum absolute atomic E-state index is 13.7. The number of hydrogen-bond acceptors (Lipinski definition) is 3. The number of rotatable bonds is 3. The molecular weight excluding hydrogens is 269 g/mol. The number of ether oxygens (including phenoxy) is 2.